The molecule has 0 aliphatic heterocycles. The van der Waals surface area contributed by atoms with Crippen LogP contribution in [0.3, 0.4) is 0 Å². The molecule has 1 aromatic carbocycles. The second-order valence-electron chi connectivity index (χ2n) is 8.68. The minimum Gasteiger partial charge on any atom is -0.335 e. The van der Waals surface area contributed by atoms with Crippen LogP contribution < -0.4 is 10.6 Å². The van der Waals surface area contributed by atoms with Crippen molar-refractivity contribution in [2.75, 3.05) is 0 Å². The molecule has 2 unspecified atom stereocenters. The van der Waals surface area contributed by atoms with Gasteiger partial charge >= 0.3 is 6.03 Å². The van der Waals surface area contributed by atoms with Crippen molar-refractivity contribution >= 4 is 6.03 Å². The largest absolute Gasteiger partial charge is 0.335 e. The fraction of sp³-hybridized carbons (Fsp3) is 0.545. The van der Waals surface area contributed by atoms with Gasteiger partial charge in [0.15, 0.2) is 0 Å². The van der Waals surface area contributed by atoms with E-state index in [9.17, 15) is 4.79 Å². The molecule has 1 aromatic heterocycles. The van der Waals surface area contributed by atoms with Crippen LogP contribution >= 0.6 is 0 Å². The highest BCUT2D eigenvalue weighted by Gasteiger charge is 2.45. The molecule has 2 fully saturated rings. The monoisotopic (exact) mass is 364 g/mol. The Morgan fingerprint density at radius 2 is 1.89 bits per heavy atom. The number of fused-ring (bicyclic) bond motifs is 1. The maximum Gasteiger partial charge on any atom is 0.315 e. The van der Waals surface area contributed by atoms with Crippen molar-refractivity contribution in [3.8, 4) is 0 Å². The standard InChI is InChI=1S/C22H28N4O/c27-21(24-17-7-9-22(10-8-17)11-12-22)25-20-18-4-2-1-3-16(18)5-6-19(20)26-14-13-23-15-26/h1-4,13-15,17,19-20H,5-12H2,(H2,24,25,27). The van der Waals surface area contributed by atoms with Crippen molar-refractivity contribution in [3.63, 3.8) is 0 Å². The van der Waals surface area contributed by atoms with Crippen LogP contribution in [0.4, 0.5) is 4.79 Å². The summed E-state index contributed by atoms with van der Waals surface area (Å²) in [7, 11) is 0. The molecule has 5 nitrogen and oxygen atoms in total. The Morgan fingerprint density at radius 1 is 1.07 bits per heavy atom. The van der Waals surface area contributed by atoms with Crippen molar-refractivity contribution in [2.24, 2.45) is 5.41 Å². The van der Waals surface area contributed by atoms with E-state index < -0.39 is 0 Å². The Bertz CT molecular complexity index is 801. The van der Waals surface area contributed by atoms with Gasteiger partial charge in [-0.15, -0.1) is 0 Å². The van der Waals surface area contributed by atoms with Crippen LogP contribution in [0, 0.1) is 5.41 Å². The number of aryl methyl sites for hydroxylation is 1. The number of imidazole rings is 1. The zero-order valence-electron chi connectivity index (χ0n) is 15.7. The number of nitrogens with zero attached hydrogens (tertiary/aromatic N) is 2. The number of hydrogen-bond acceptors (Lipinski definition) is 2. The predicted octanol–water partition coefficient (Wildman–Crippen LogP) is 4.13. The van der Waals surface area contributed by atoms with Crippen LogP contribution in [0.2, 0.25) is 0 Å². The summed E-state index contributed by atoms with van der Waals surface area (Å²) in [6, 6.07) is 8.96. The van der Waals surface area contributed by atoms with E-state index in [1.165, 1.54) is 36.8 Å². The number of aromatic nitrogens is 2. The molecule has 5 rings (SSSR count). The van der Waals surface area contributed by atoms with Crippen molar-refractivity contribution < 1.29 is 4.79 Å². The third kappa shape index (κ3) is 3.35. The molecule has 1 heterocycles. The third-order valence-corrected chi connectivity index (χ3v) is 7.02. The van der Waals surface area contributed by atoms with E-state index in [1.807, 2.05) is 18.7 Å². The number of carbonyl (C=O) groups is 1. The first kappa shape index (κ1) is 16.8. The quantitative estimate of drug-likeness (QED) is 0.860. The SMILES string of the molecule is O=C(NC1CCC2(CC1)CC2)NC1c2ccccc2CCC1n1ccnc1. The fourth-order valence-corrected chi connectivity index (χ4v) is 5.12. The summed E-state index contributed by atoms with van der Waals surface area (Å²) in [5, 5.41) is 6.55. The number of amides is 2. The molecule has 3 aliphatic carbocycles. The van der Waals surface area contributed by atoms with Crippen LogP contribution in [0.15, 0.2) is 43.0 Å². The average Bonchev–Trinajstić information content (AvgIpc) is 3.22. The predicted molar refractivity (Wildman–Crippen MR) is 104 cm³/mol. The number of benzene rings is 1. The van der Waals surface area contributed by atoms with Crippen molar-refractivity contribution in [2.45, 2.75) is 69.5 Å². The average molecular weight is 364 g/mol. The van der Waals surface area contributed by atoms with Gasteiger partial charge < -0.3 is 15.2 Å². The first-order chi connectivity index (χ1) is 13.2. The van der Waals surface area contributed by atoms with E-state index in [0.717, 1.165) is 25.7 Å². The number of urea groups is 1. The van der Waals surface area contributed by atoms with E-state index in [0.29, 0.717) is 11.5 Å². The van der Waals surface area contributed by atoms with E-state index >= 15 is 0 Å². The maximum absolute atomic E-state index is 12.8. The van der Waals surface area contributed by atoms with Crippen molar-refractivity contribution in [1.29, 1.82) is 0 Å². The molecule has 1 spiro atoms. The molecular formula is C22H28N4O. The number of rotatable bonds is 3. The second-order valence-corrected chi connectivity index (χ2v) is 8.68. The van der Waals surface area contributed by atoms with Gasteiger partial charge in [0.1, 0.15) is 0 Å². The molecule has 2 aromatic rings. The Balaban J connectivity index is 1.30. The second kappa shape index (κ2) is 6.70. The molecule has 27 heavy (non-hydrogen) atoms. The molecule has 5 heteroatoms. The smallest absolute Gasteiger partial charge is 0.315 e. The lowest BCUT2D eigenvalue weighted by molar-refractivity contribution is 0.213. The van der Waals surface area contributed by atoms with Crippen molar-refractivity contribution in [1.82, 2.24) is 20.2 Å². The minimum atomic E-state index is -0.0291. The number of carbonyl (C=O) groups excluding carboxylic acids is 1. The summed E-state index contributed by atoms with van der Waals surface area (Å²) in [6.45, 7) is 0. The highest BCUT2D eigenvalue weighted by atomic mass is 16.2. The van der Waals surface area contributed by atoms with Crippen molar-refractivity contribution in [3.05, 3.63) is 54.1 Å². The van der Waals surface area contributed by atoms with E-state index in [2.05, 4.69) is 44.5 Å². The molecule has 2 atom stereocenters. The van der Waals surface area contributed by atoms with Gasteiger partial charge in [0.25, 0.3) is 0 Å². The third-order valence-electron chi connectivity index (χ3n) is 7.02. The Kier molecular flexibility index (Phi) is 4.18. The van der Waals surface area contributed by atoms with Gasteiger partial charge in [-0.1, -0.05) is 24.3 Å². The molecule has 0 saturated heterocycles. The van der Waals surface area contributed by atoms with Gasteiger partial charge in [-0.05, 0) is 67.9 Å². The van der Waals surface area contributed by atoms with E-state index in [-0.39, 0.29) is 18.1 Å². The molecule has 0 radical (unpaired) electrons. The number of nitrogens with one attached hydrogen (secondary N) is 2. The minimum absolute atomic E-state index is 0.0254. The summed E-state index contributed by atoms with van der Waals surface area (Å²) in [6.07, 6.45) is 15.3. The molecular weight excluding hydrogens is 336 g/mol. The van der Waals surface area contributed by atoms with Crippen LogP contribution in [0.5, 0.6) is 0 Å². The summed E-state index contributed by atoms with van der Waals surface area (Å²) in [5.74, 6) is 0. The van der Waals surface area contributed by atoms with Gasteiger partial charge in [-0.3, -0.25) is 0 Å². The summed E-state index contributed by atoms with van der Waals surface area (Å²) < 4.78 is 2.14. The highest BCUT2D eigenvalue weighted by Crippen LogP contribution is 2.56. The van der Waals surface area contributed by atoms with Crippen LogP contribution in [0.1, 0.15) is 68.2 Å². The first-order valence-electron chi connectivity index (χ1n) is 10.3. The van der Waals surface area contributed by atoms with Gasteiger partial charge in [-0.2, -0.15) is 0 Å². The van der Waals surface area contributed by atoms with E-state index in [4.69, 9.17) is 0 Å². The Morgan fingerprint density at radius 3 is 2.63 bits per heavy atom. The molecule has 2 amide bonds. The summed E-state index contributed by atoms with van der Waals surface area (Å²) >= 11 is 0. The normalized spacial score (nSPS) is 26.4. The Labute approximate surface area is 160 Å². The topological polar surface area (TPSA) is 59.0 Å². The summed E-state index contributed by atoms with van der Waals surface area (Å²) in [5.41, 5.74) is 3.23. The van der Waals surface area contributed by atoms with E-state index in [1.54, 1.807) is 0 Å². The fourth-order valence-electron chi connectivity index (χ4n) is 5.12. The molecule has 2 saturated carbocycles. The lowest BCUT2D eigenvalue weighted by Gasteiger charge is -2.36. The van der Waals surface area contributed by atoms with Gasteiger partial charge in [0, 0.05) is 18.4 Å². The van der Waals surface area contributed by atoms with Gasteiger partial charge in [-0.25, -0.2) is 9.78 Å². The molecule has 142 valence electrons. The highest BCUT2D eigenvalue weighted by molar-refractivity contribution is 5.75. The van der Waals surface area contributed by atoms with Gasteiger partial charge in [0.05, 0.1) is 18.4 Å². The van der Waals surface area contributed by atoms with Crippen LogP contribution in [-0.2, 0) is 6.42 Å². The Hall–Kier alpha value is -2.30. The lowest BCUT2D eigenvalue weighted by Crippen LogP contribution is -2.47. The van der Waals surface area contributed by atoms with Crippen LogP contribution in [0.25, 0.3) is 0 Å². The molecule has 2 N–H and O–H groups in total. The first-order valence-corrected chi connectivity index (χ1v) is 10.3. The summed E-state index contributed by atoms with van der Waals surface area (Å²) in [4.78, 5) is 17.0. The van der Waals surface area contributed by atoms with Gasteiger partial charge in [0.2, 0.25) is 0 Å². The number of hydrogen-bond donors (Lipinski definition) is 2. The zero-order valence-corrected chi connectivity index (χ0v) is 15.7. The lowest BCUT2D eigenvalue weighted by atomic mass is 9.83. The molecule has 0 bridgehead atoms. The molecule has 3 aliphatic rings. The maximum atomic E-state index is 12.8. The van der Waals surface area contributed by atoms with Crippen LogP contribution in [-0.4, -0.2) is 21.6 Å². The zero-order chi connectivity index (χ0) is 18.3.